The summed E-state index contributed by atoms with van der Waals surface area (Å²) < 4.78 is 0. The second-order valence-corrected chi connectivity index (χ2v) is 7.37. The molecule has 0 bridgehead atoms. The first kappa shape index (κ1) is 14.4. The lowest BCUT2D eigenvalue weighted by atomic mass is 9.72. The van der Waals surface area contributed by atoms with Crippen LogP contribution in [-0.2, 0) is 0 Å². The Morgan fingerprint density at radius 1 is 0.944 bits per heavy atom. The van der Waals surface area contributed by atoms with E-state index in [4.69, 9.17) is 0 Å². The monoisotopic (exact) mass is 252 g/mol. The van der Waals surface area contributed by atoms with E-state index in [9.17, 15) is 5.11 Å². The van der Waals surface area contributed by atoms with Gasteiger partial charge in [0.2, 0.25) is 0 Å². The van der Waals surface area contributed by atoms with Gasteiger partial charge in [-0.25, -0.2) is 0 Å². The minimum atomic E-state index is 0.0246. The van der Waals surface area contributed by atoms with Crippen molar-refractivity contribution in [1.82, 2.24) is 0 Å². The molecule has 0 aromatic carbocycles. The summed E-state index contributed by atoms with van der Waals surface area (Å²) in [4.78, 5) is 0. The van der Waals surface area contributed by atoms with Crippen LogP contribution in [0.15, 0.2) is 0 Å². The highest BCUT2D eigenvalue weighted by molar-refractivity contribution is 4.93. The summed E-state index contributed by atoms with van der Waals surface area (Å²) in [6.45, 7) is 7.12. The van der Waals surface area contributed by atoms with E-state index in [2.05, 4.69) is 20.8 Å². The topological polar surface area (TPSA) is 20.2 Å². The standard InChI is InChI=1S/C17H32O/c1-12(2)6-4-7-13(3)14-10-11-16-15(14)8-5-9-17(16)18/h12-18H,4-11H2,1-3H3/t13-,14+,15?,16+,17-/m0/s1. The third-order valence-electron chi connectivity index (χ3n) is 5.64. The predicted octanol–water partition coefficient (Wildman–Crippen LogP) is 4.64. The molecule has 1 nitrogen and oxygen atoms in total. The van der Waals surface area contributed by atoms with E-state index in [0.29, 0.717) is 5.92 Å². The van der Waals surface area contributed by atoms with Gasteiger partial charge in [0, 0.05) is 0 Å². The van der Waals surface area contributed by atoms with Crippen LogP contribution in [0.3, 0.4) is 0 Å². The molecule has 0 aromatic rings. The summed E-state index contributed by atoms with van der Waals surface area (Å²) in [5.41, 5.74) is 0. The number of aliphatic hydroxyl groups excluding tert-OH is 1. The van der Waals surface area contributed by atoms with E-state index in [-0.39, 0.29) is 6.10 Å². The molecule has 0 amide bonds. The minimum absolute atomic E-state index is 0.0246. The van der Waals surface area contributed by atoms with Crippen molar-refractivity contribution in [3.8, 4) is 0 Å². The zero-order valence-corrected chi connectivity index (χ0v) is 12.6. The van der Waals surface area contributed by atoms with E-state index in [0.717, 1.165) is 30.1 Å². The third kappa shape index (κ3) is 3.29. The van der Waals surface area contributed by atoms with Gasteiger partial charge in [0.1, 0.15) is 0 Å². The van der Waals surface area contributed by atoms with Crippen molar-refractivity contribution in [2.24, 2.45) is 29.6 Å². The lowest BCUT2D eigenvalue weighted by Gasteiger charge is -2.35. The molecule has 1 heteroatoms. The number of hydrogen-bond donors (Lipinski definition) is 1. The van der Waals surface area contributed by atoms with Crippen molar-refractivity contribution < 1.29 is 5.11 Å². The Morgan fingerprint density at radius 3 is 2.44 bits per heavy atom. The van der Waals surface area contributed by atoms with Crippen LogP contribution >= 0.6 is 0 Å². The van der Waals surface area contributed by atoms with Gasteiger partial charge in [0.25, 0.3) is 0 Å². The summed E-state index contributed by atoms with van der Waals surface area (Å²) in [5.74, 6) is 4.14. The molecule has 2 aliphatic rings. The molecule has 1 unspecified atom stereocenters. The first-order valence-electron chi connectivity index (χ1n) is 8.27. The second-order valence-electron chi connectivity index (χ2n) is 7.37. The summed E-state index contributed by atoms with van der Waals surface area (Å²) >= 11 is 0. The SMILES string of the molecule is CC(C)CCC[C@H](C)[C@H]1CC[C@@H]2C1CCC[C@@H]2O. The van der Waals surface area contributed by atoms with Crippen LogP contribution in [0.5, 0.6) is 0 Å². The van der Waals surface area contributed by atoms with Crippen molar-refractivity contribution in [2.75, 3.05) is 0 Å². The van der Waals surface area contributed by atoms with Crippen molar-refractivity contribution >= 4 is 0 Å². The molecule has 0 aliphatic heterocycles. The van der Waals surface area contributed by atoms with Gasteiger partial charge in [-0.2, -0.15) is 0 Å². The van der Waals surface area contributed by atoms with E-state index < -0.39 is 0 Å². The zero-order chi connectivity index (χ0) is 13.1. The second kappa shape index (κ2) is 6.41. The van der Waals surface area contributed by atoms with Crippen molar-refractivity contribution in [1.29, 1.82) is 0 Å². The van der Waals surface area contributed by atoms with Gasteiger partial charge in [0.15, 0.2) is 0 Å². The largest absolute Gasteiger partial charge is 0.393 e. The van der Waals surface area contributed by atoms with Crippen LogP contribution in [0.1, 0.15) is 72.1 Å². The molecule has 0 aromatic heterocycles. The fraction of sp³-hybridized carbons (Fsp3) is 1.00. The number of hydrogen-bond acceptors (Lipinski definition) is 1. The summed E-state index contributed by atoms with van der Waals surface area (Å²) in [5, 5.41) is 10.1. The quantitative estimate of drug-likeness (QED) is 0.756. The third-order valence-corrected chi connectivity index (χ3v) is 5.64. The normalized spacial score (nSPS) is 37.8. The maximum Gasteiger partial charge on any atom is 0.0571 e. The Balaban J connectivity index is 1.82. The molecule has 0 spiro atoms. The van der Waals surface area contributed by atoms with E-state index in [1.54, 1.807) is 0 Å². The lowest BCUT2D eigenvalue weighted by molar-refractivity contribution is 0.0309. The van der Waals surface area contributed by atoms with Crippen LogP contribution in [-0.4, -0.2) is 11.2 Å². The summed E-state index contributed by atoms with van der Waals surface area (Å²) in [6.07, 6.45) is 10.6. The minimum Gasteiger partial charge on any atom is -0.393 e. The molecular weight excluding hydrogens is 220 g/mol. The molecular formula is C17H32O. The Hall–Kier alpha value is -0.0400. The first-order chi connectivity index (χ1) is 8.59. The van der Waals surface area contributed by atoms with Crippen molar-refractivity contribution in [3.05, 3.63) is 0 Å². The van der Waals surface area contributed by atoms with Gasteiger partial charge >= 0.3 is 0 Å². The number of fused-ring (bicyclic) bond motifs is 1. The molecule has 18 heavy (non-hydrogen) atoms. The van der Waals surface area contributed by atoms with Crippen LogP contribution in [0.2, 0.25) is 0 Å². The highest BCUT2D eigenvalue weighted by Gasteiger charge is 2.43. The number of rotatable bonds is 5. The molecule has 2 saturated carbocycles. The Bertz CT molecular complexity index is 248. The summed E-state index contributed by atoms with van der Waals surface area (Å²) in [6, 6.07) is 0. The van der Waals surface area contributed by atoms with Gasteiger partial charge in [-0.15, -0.1) is 0 Å². The van der Waals surface area contributed by atoms with Crippen molar-refractivity contribution in [2.45, 2.75) is 78.2 Å². The van der Waals surface area contributed by atoms with Gasteiger partial charge in [-0.1, -0.05) is 46.5 Å². The lowest BCUT2D eigenvalue weighted by Crippen LogP contribution is -2.32. The van der Waals surface area contributed by atoms with Crippen LogP contribution in [0.4, 0.5) is 0 Å². The predicted molar refractivity (Wildman–Crippen MR) is 77.4 cm³/mol. The molecule has 2 fully saturated rings. The van der Waals surface area contributed by atoms with E-state index >= 15 is 0 Å². The fourth-order valence-electron chi connectivity index (χ4n) is 4.58. The van der Waals surface area contributed by atoms with Gasteiger partial charge in [0.05, 0.1) is 6.10 Å². The Kier molecular flexibility index (Phi) is 5.12. The van der Waals surface area contributed by atoms with Gasteiger partial charge in [-0.05, 0) is 55.3 Å². The van der Waals surface area contributed by atoms with Gasteiger partial charge in [-0.3, -0.25) is 0 Å². The number of aliphatic hydroxyl groups is 1. The maximum absolute atomic E-state index is 10.1. The smallest absolute Gasteiger partial charge is 0.0571 e. The zero-order valence-electron chi connectivity index (χ0n) is 12.6. The van der Waals surface area contributed by atoms with E-state index in [1.807, 2.05) is 0 Å². The molecule has 106 valence electrons. The van der Waals surface area contributed by atoms with E-state index in [1.165, 1.54) is 44.9 Å². The molecule has 0 radical (unpaired) electrons. The van der Waals surface area contributed by atoms with Crippen LogP contribution in [0.25, 0.3) is 0 Å². The fourth-order valence-corrected chi connectivity index (χ4v) is 4.58. The average Bonchev–Trinajstić information content (AvgIpc) is 2.73. The van der Waals surface area contributed by atoms with Crippen molar-refractivity contribution in [3.63, 3.8) is 0 Å². The Labute approximate surface area is 113 Å². The van der Waals surface area contributed by atoms with Crippen LogP contribution in [0, 0.1) is 29.6 Å². The average molecular weight is 252 g/mol. The molecule has 0 heterocycles. The highest BCUT2D eigenvalue weighted by atomic mass is 16.3. The van der Waals surface area contributed by atoms with Crippen LogP contribution < -0.4 is 0 Å². The highest BCUT2D eigenvalue weighted by Crippen LogP contribution is 2.49. The Morgan fingerprint density at radius 2 is 1.72 bits per heavy atom. The maximum atomic E-state index is 10.1. The molecule has 2 rings (SSSR count). The summed E-state index contributed by atoms with van der Waals surface area (Å²) in [7, 11) is 0. The first-order valence-corrected chi connectivity index (χ1v) is 8.27. The molecule has 5 atom stereocenters. The van der Waals surface area contributed by atoms with Gasteiger partial charge < -0.3 is 5.11 Å². The molecule has 1 N–H and O–H groups in total. The molecule has 0 saturated heterocycles. The molecule has 2 aliphatic carbocycles.